The Balaban J connectivity index is 2.77. The zero-order chi connectivity index (χ0) is 13.1. The highest BCUT2D eigenvalue weighted by Crippen LogP contribution is 2.23. The molecule has 0 saturated carbocycles. The Morgan fingerprint density at radius 1 is 1.29 bits per heavy atom. The normalized spacial score (nSPS) is 12.1. The number of aliphatic hydroxyl groups is 1. The van der Waals surface area contributed by atoms with Crippen LogP contribution < -0.4 is 0 Å². The first-order valence-electron chi connectivity index (χ1n) is 6.05. The van der Waals surface area contributed by atoms with Gasteiger partial charge in [-0.15, -0.1) is 0 Å². The molecule has 1 rings (SSSR count). The minimum absolute atomic E-state index is 0.363. The summed E-state index contributed by atoms with van der Waals surface area (Å²) in [5.41, 5.74) is 1.09. The first kappa shape index (κ1) is 14.0. The summed E-state index contributed by atoms with van der Waals surface area (Å²) in [6, 6.07) is 5.77. The minimum atomic E-state index is -0.713. The molecule has 0 atom stereocenters. The number of likely N-dealkylation sites (N-methyl/N-ethyl adjacent to an activating group) is 1. The molecule has 3 heteroatoms. The summed E-state index contributed by atoms with van der Waals surface area (Å²) in [7, 11) is 0. The highest BCUT2D eigenvalue weighted by molar-refractivity contribution is 5.39. The average molecular weight is 237 g/mol. The molecule has 0 radical (unpaired) electrons. The summed E-state index contributed by atoms with van der Waals surface area (Å²) in [4.78, 5) is 2.12. The number of aryl methyl sites for hydroxylation is 1. The van der Waals surface area contributed by atoms with Gasteiger partial charge in [-0.25, -0.2) is 0 Å². The summed E-state index contributed by atoms with van der Waals surface area (Å²) < 4.78 is 0. The van der Waals surface area contributed by atoms with Crippen LogP contribution in [-0.4, -0.2) is 33.8 Å². The second-order valence-corrected chi connectivity index (χ2v) is 5.20. The standard InChI is InChI=1S/C14H23NO2/c1-5-15(10-14(3,4)17)9-12-8-6-7-11(2)13(12)16/h6-8,16-17H,5,9-10H2,1-4H3. The van der Waals surface area contributed by atoms with Gasteiger partial charge in [-0.05, 0) is 32.9 Å². The van der Waals surface area contributed by atoms with Crippen LogP contribution >= 0.6 is 0 Å². The van der Waals surface area contributed by atoms with Crippen molar-refractivity contribution in [1.29, 1.82) is 0 Å². The van der Waals surface area contributed by atoms with Gasteiger partial charge >= 0.3 is 0 Å². The number of phenols is 1. The van der Waals surface area contributed by atoms with Gasteiger partial charge in [0, 0.05) is 18.7 Å². The Bertz CT molecular complexity index is 369. The van der Waals surface area contributed by atoms with Gasteiger partial charge in [0.2, 0.25) is 0 Å². The van der Waals surface area contributed by atoms with E-state index in [9.17, 15) is 10.2 Å². The third-order valence-electron chi connectivity index (χ3n) is 2.77. The van der Waals surface area contributed by atoms with E-state index < -0.39 is 5.60 Å². The molecule has 17 heavy (non-hydrogen) atoms. The molecule has 1 aromatic carbocycles. The van der Waals surface area contributed by atoms with Crippen LogP contribution in [0.1, 0.15) is 31.9 Å². The van der Waals surface area contributed by atoms with E-state index in [2.05, 4.69) is 11.8 Å². The van der Waals surface area contributed by atoms with Gasteiger partial charge in [0.05, 0.1) is 5.60 Å². The number of rotatable bonds is 5. The Kier molecular flexibility index (Phi) is 4.54. The van der Waals surface area contributed by atoms with E-state index in [0.29, 0.717) is 18.8 Å². The van der Waals surface area contributed by atoms with E-state index >= 15 is 0 Å². The second-order valence-electron chi connectivity index (χ2n) is 5.20. The van der Waals surface area contributed by atoms with Crippen molar-refractivity contribution in [2.75, 3.05) is 13.1 Å². The van der Waals surface area contributed by atoms with Crippen molar-refractivity contribution < 1.29 is 10.2 Å². The molecular weight excluding hydrogens is 214 g/mol. The van der Waals surface area contributed by atoms with Crippen molar-refractivity contribution >= 4 is 0 Å². The summed E-state index contributed by atoms with van der Waals surface area (Å²) in [5.74, 6) is 0.363. The van der Waals surface area contributed by atoms with Crippen LogP contribution in [-0.2, 0) is 6.54 Å². The summed E-state index contributed by atoms with van der Waals surface area (Å²) >= 11 is 0. The maximum absolute atomic E-state index is 9.95. The predicted octanol–water partition coefficient (Wildman–Crippen LogP) is 2.29. The molecule has 3 nitrogen and oxygen atoms in total. The molecule has 0 amide bonds. The number of aromatic hydroxyl groups is 1. The molecule has 0 unspecified atom stereocenters. The second kappa shape index (κ2) is 5.52. The Labute approximate surface area is 104 Å². The van der Waals surface area contributed by atoms with Crippen molar-refractivity contribution in [2.45, 2.75) is 39.8 Å². The van der Waals surface area contributed by atoms with Crippen LogP contribution in [0.3, 0.4) is 0 Å². The Morgan fingerprint density at radius 2 is 1.94 bits per heavy atom. The average Bonchev–Trinajstić information content (AvgIpc) is 2.21. The molecule has 2 N–H and O–H groups in total. The summed E-state index contributed by atoms with van der Waals surface area (Å²) in [6.45, 7) is 9.64. The van der Waals surface area contributed by atoms with Gasteiger partial charge in [0.25, 0.3) is 0 Å². The van der Waals surface area contributed by atoms with E-state index in [-0.39, 0.29) is 0 Å². The van der Waals surface area contributed by atoms with E-state index in [1.165, 1.54) is 0 Å². The van der Waals surface area contributed by atoms with Crippen LogP contribution in [0.2, 0.25) is 0 Å². The summed E-state index contributed by atoms with van der Waals surface area (Å²) in [6.07, 6.45) is 0. The fraction of sp³-hybridized carbons (Fsp3) is 0.571. The zero-order valence-corrected chi connectivity index (χ0v) is 11.2. The lowest BCUT2D eigenvalue weighted by molar-refractivity contribution is 0.0351. The molecule has 0 bridgehead atoms. The van der Waals surface area contributed by atoms with Gasteiger partial charge in [-0.1, -0.05) is 25.1 Å². The number of hydrogen-bond donors (Lipinski definition) is 2. The molecule has 0 spiro atoms. The Morgan fingerprint density at radius 3 is 2.47 bits per heavy atom. The molecule has 0 fully saturated rings. The number of hydrogen-bond acceptors (Lipinski definition) is 3. The maximum Gasteiger partial charge on any atom is 0.122 e. The molecule has 0 saturated heterocycles. The van der Waals surface area contributed by atoms with Gasteiger partial charge in [0.15, 0.2) is 0 Å². The molecule has 0 heterocycles. The number of benzene rings is 1. The first-order chi connectivity index (χ1) is 7.83. The molecule has 0 aliphatic carbocycles. The number of phenolic OH excluding ortho intramolecular Hbond substituents is 1. The van der Waals surface area contributed by atoms with Crippen molar-refractivity contribution in [2.24, 2.45) is 0 Å². The Hall–Kier alpha value is -1.06. The van der Waals surface area contributed by atoms with Crippen LogP contribution in [0.25, 0.3) is 0 Å². The van der Waals surface area contributed by atoms with E-state index in [1.807, 2.05) is 25.1 Å². The lowest BCUT2D eigenvalue weighted by Crippen LogP contribution is -2.38. The molecule has 1 aromatic rings. The largest absolute Gasteiger partial charge is 0.507 e. The maximum atomic E-state index is 9.95. The number of nitrogens with zero attached hydrogens (tertiary/aromatic N) is 1. The highest BCUT2D eigenvalue weighted by atomic mass is 16.3. The van der Waals surface area contributed by atoms with Gasteiger partial charge in [-0.3, -0.25) is 4.90 Å². The molecular formula is C14H23NO2. The summed E-state index contributed by atoms with van der Waals surface area (Å²) in [5, 5.41) is 19.8. The predicted molar refractivity (Wildman–Crippen MR) is 70.1 cm³/mol. The highest BCUT2D eigenvalue weighted by Gasteiger charge is 2.18. The van der Waals surface area contributed by atoms with Crippen molar-refractivity contribution in [3.8, 4) is 5.75 Å². The van der Waals surface area contributed by atoms with Crippen LogP contribution in [0, 0.1) is 6.92 Å². The van der Waals surface area contributed by atoms with Crippen LogP contribution in [0.4, 0.5) is 0 Å². The van der Waals surface area contributed by atoms with Crippen LogP contribution in [0.15, 0.2) is 18.2 Å². The van der Waals surface area contributed by atoms with E-state index in [1.54, 1.807) is 13.8 Å². The molecule has 0 aliphatic rings. The smallest absolute Gasteiger partial charge is 0.122 e. The fourth-order valence-electron chi connectivity index (χ4n) is 1.91. The SMILES string of the molecule is CCN(Cc1cccc(C)c1O)CC(C)(C)O. The van der Waals surface area contributed by atoms with Crippen molar-refractivity contribution in [3.05, 3.63) is 29.3 Å². The topological polar surface area (TPSA) is 43.7 Å². The van der Waals surface area contributed by atoms with Gasteiger partial charge in [-0.2, -0.15) is 0 Å². The molecule has 96 valence electrons. The fourth-order valence-corrected chi connectivity index (χ4v) is 1.91. The third-order valence-corrected chi connectivity index (χ3v) is 2.77. The van der Waals surface area contributed by atoms with Crippen molar-refractivity contribution in [1.82, 2.24) is 4.90 Å². The van der Waals surface area contributed by atoms with E-state index in [4.69, 9.17) is 0 Å². The monoisotopic (exact) mass is 237 g/mol. The minimum Gasteiger partial charge on any atom is -0.507 e. The molecule has 0 aromatic heterocycles. The van der Waals surface area contributed by atoms with E-state index in [0.717, 1.165) is 17.7 Å². The lowest BCUT2D eigenvalue weighted by Gasteiger charge is -2.28. The van der Waals surface area contributed by atoms with Crippen molar-refractivity contribution in [3.63, 3.8) is 0 Å². The number of para-hydroxylation sites is 1. The molecule has 0 aliphatic heterocycles. The van der Waals surface area contributed by atoms with Gasteiger partial charge < -0.3 is 10.2 Å². The zero-order valence-electron chi connectivity index (χ0n) is 11.2. The van der Waals surface area contributed by atoms with Gasteiger partial charge in [0.1, 0.15) is 5.75 Å². The first-order valence-corrected chi connectivity index (χ1v) is 6.05. The van der Waals surface area contributed by atoms with Crippen LogP contribution in [0.5, 0.6) is 5.75 Å². The lowest BCUT2D eigenvalue weighted by atomic mass is 10.1. The quantitative estimate of drug-likeness (QED) is 0.826. The third kappa shape index (κ3) is 4.36.